The van der Waals surface area contributed by atoms with Gasteiger partial charge in [-0.3, -0.25) is 4.18 Å². The molecule has 1 aromatic carbocycles. The normalized spacial score (nSPS) is 12.0. The quantitative estimate of drug-likeness (QED) is 0.528. The molecule has 0 N–H and O–H groups in total. The maximum absolute atomic E-state index is 11.9. The summed E-state index contributed by atoms with van der Waals surface area (Å²) in [5, 5.41) is 0. The molecule has 0 saturated heterocycles. The Kier molecular flexibility index (Phi) is 7.69. The first kappa shape index (κ1) is 20.4. The van der Waals surface area contributed by atoms with Gasteiger partial charge in [0.25, 0.3) is 10.1 Å². The molecule has 0 bridgehead atoms. The molecule has 0 aliphatic heterocycles. The van der Waals surface area contributed by atoms with Crippen molar-refractivity contribution in [3.05, 3.63) is 35.9 Å². The summed E-state index contributed by atoms with van der Waals surface area (Å²) >= 11 is 0. The van der Waals surface area contributed by atoms with Crippen LogP contribution >= 0.6 is 0 Å². The Morgan fingerprint density at radius 2 is 1.75 bits per heavy atom. The van der Waals surface area contributed by atoms with Crippen molar-refractivity contribution in [2.75, 3.05) is 20.2 Å². The van der Waals surface area contributed by atoms with Crippen LogP contribution < -0.4 is 0 Å². The maximum atomic E-state index is 11.9. The second kappa shape index (κ2) is 9.03. The van der Waals surface area contributed by atoms with E-state index in [1.54, 1.807) is 31.3 Å². The predicted octanol–water partition coefficient (Wildman–Crippen LogP) is 3.18. The highest BCUT2D eigenvalue weighted by Gasteiger charge is 2.19. The van der Waals surface area contributed by atoms with Gasteiger partial charge in [-0.2, -0.15) is 8.42 Å². The molecule has 0 aromatic heterocycles. The van der Waals surface area contributed by atoms with Gasteiger partial charge in [0.15, 0.2) is 0 Å². The van der Waals surface area contributed by atoms with Gasteiger partial charge >= 0.3 is 6.09 Å². The van der Waals surface area contributed by atoms with Crippen LogP contribution in [0.15, 0.2) is 30.3 Å². The Labute approximate surface area is 144 Å². The first-order valence-corrected chi connectivity index (χ1v) is 9.52. The number of amides is 1. The zero-order valence-electron chi connectivity index (χ0n) is 14.8. The molecule has 0 spiro atoms. The molecule has 7 heteroatoms. The van der Waals surface area contributed by atoms with Crippen LogP contribution in [0.25, 0.3) is 0 Å². The molecule has 1 aromatic rings. The molecule has 1 amide bonds. The number of benzene rings is 1. The largest absolute Gasteiger partial charge is 0.444 e. The summed E-state index contributed by atoms with van der Waals surface area (Å²) in [6.07, 6.45) is 0.790. The van der Waals surface area contributed by atoms with Gasteiger partial charge in [0.2, 0.25) is 0 Å². The fourth-order valence-corrected chi connectivity index (χ4v) is 2.94. The van der Waals surface area contributed by atoms with Gasteiger partial charge in [0.1, 0.15) is 11.4 Å². The van der Waals surface area contributed by atoms with E-state index in [1.807, 2.05) is 26.8 Å². The predicted molar refractivity (Wildman–Crippen MR) is 93.1 cm³/mol. The molecule has 0 atom stereocenters. The second-order valence-electron chi connectivity index (χ2n) is 6.62. The molecule has 0 fully saturated rings. The van der Waals surface area contributed by atoms with Crippen molar-refractivity contribution >= 4 is 16.2 Å². The molecule has 0 radical (unpaired) electrons. The molecular formula is C17H27NO5S. The van der Waals surface area contributed by atoms with Gasteiger partial charge in [-0.25, -0.2) is 4.79 Å². The number of nitrogens with zero attached hydrogens (tertiary/aromatic N) is 1. The van der Waals surface area contributed by atoms with E-state index in [-0.39, 0.29) is 18.5 Å². The van der Waals surface area contributed by atoms with Crippen molar-refractivity contribution in [1.82, 2.24) is 4.90 Å². The maximum Gasteiger partial charge on any atom is 0.410 e. The van der Waals surface area contributed by atoms with E-state index >= 15 is 0 Å². The minimum absolute atomic E-state index is 0.108. The average Bonchev–Trinajstić information content (AvgIpc) is 2.45. The Morgan fingerprint density at radius 3 is 2.33 bits per heavy atom. The number of carbonyl (C=O) groups excluding carboxylic acids is 1. The van der Waals surface area contributed by atoms with Crippen LogP contribution in [0, 0.1) is 0 Å². The summed E-state index contributed by atoms with van der Waals surface area (Å²) in [5.41, 5.74) is 0.169. The fourth-order valence-electron chi connectivity index (χ4n) is 1.89. The van der Waals surface area contributed by atoms with Gasteiger partial charge in [-0.15, -0.1) is 0 Å². The average molecular weight is 357 g/mol. The SMILES string of the molecule is CN(CCCCOS(=O)(=O)Cc1ccccc1)C(=O)OC(C)(C)C. The van der Waals surface area contributed by atoms with Crippen LogP contribution in [-0.2, 0) is 24.8 Å². The zero-order valence-corrected chi connectivity index (χ0v) is 15.6. The first-order valence-electron chi connectivity index (χ1n) is 7.94. The highest BCUT2D eigenvalue weighted by Crippen LogP contribution is 2.10. The fraction of sp³-hybridized carbons (Fsp3) is 0.588. The lowest BCUT2D eigenvalue weighted by Gasteiger charge is -2.24. The van der Waals surface area contributed by atoms with Crippen LogP contribution in [0.5, 0.6) is 0 Å². The van der Waals surface area contributed by atoms with Gasteiger partial charge in [-0.1, -0.05) is 30.3 Å². The standard InChI is InChI=1S/C17H27NO5S/c1-17(2,3)23-16(19)18(4)12-8-9-13-22-24(20,21)14-15-10-6-5-7-11-15/h5-7,10-11H,8-9,12-14H2,1-4H3. The number of unbranched alkanes of at least 4 members (excludes halogenated alkanes) is 1. The molecule has 0 unspecified atom stereocenters. The zero-order chi connectivity index (χ0) is 18.2. The van der Waals surface area contributed by atoms with Gasteiger partial charge in [0, 0.05) is 13.6 Å². The Balaban J connectivity index is 2.24. The number of rotatable bonds is 8. The molecule has 0 heterocycles. The molecule has 0 aliphatic rings. The lowest BCUT2D eigenvalue weighted by molar-refractivity contribution is 0.0294. The molecule has 136 valence electrons. The van der Waals surface area contributed by atoms with Crippen LogP contribution in [0.4, 0.5) is 4.79 Å². The van der Waals surface area contributed by atoms with Gasteiger partial charge in [0.05, 0.1) is 6.61 Å². The van der Waals surface area contributed by atoms with Gasteiger partial charge in [-0.05, 0) is 39.2 Å². The van der Waals surface area contributed by atoms with E-state index < -0.39 is 15.7 Å². The summed E-state index contributed by atoms with van der Waals surface area (Å²) in [4.78, 5) is 13.2. The first-order chi connectivity index (χ1) is 11.1. The summed E-state index contributed by atoms with van der Waals surface area (Å²) in [6.45, 7) is 6.02. The van der Waals surface area contributed by atoms with Crippen molar-refractivity contribution < 1.29 is 22.1 Å². The van der Waals surface area contributed by atoms with E-state index in [0.29, 0.717) is 24.9 Å². The van der Waals surface area contributed by atoms with Crippen LogP contribution in [-0.4, -0.2) is 45.2 Å². The van der Waals surface area contributed by atoms with Crippen LogP contribution in [0.3, 0.4) is 0 Å². The third kappa shape index (κ3) is 8.88. The lowest BCUT2D eigenvalue weighted by atomic mass is 10.2. The van der Waals surface area contributed by atoms with Crippen LogP contribution in [0.1, 0.15) is 39.2 Å². The number of carbonyl (C=O) groups is 1. The third-order valence-corrected chi connectivity index (χ3v) is 4.25. The Hall–Kier alpha value is -1.60. The molecule has 1 rings (SSSR count). The van der Waals surface area contributed by atoms with Crippen molar-refractivity contribution in [1.29, 1.82) is 0 Å². The molecule has 24 heavy (non-hydrogen) atoms. The van der Waals surface area contributed by atoms with Crippen molar-refractivity contribution in [3.63, 3.8) is 0 Å². The van der Waals surface area contributed by atoms with E-state index in [4.69, 9.17) is 8.92 Å². The number of hydrogen-bond donors (Lipinski definition) is 0. The summed E-state index contributed by atoms with van der Waals surface area (Å²) < 4.78 is 33.9. The van der Waals surface area contributed by atoms with Crippen molar-refractivity contribution in [3.8, 4) is 0 Å². The van der Waals surface area contributed by atoms with E-state index in [9.17, 15) is 13.2 Å². The van der Waals surface area contributed by atoms with E-state index in [1.165, 1.54) is 4.90 Å². The number of ether oxygens (including phenoxy) is 1. The monoisotopic (exact) mass is 357 g/mol. The minimum Gasteiger partial charge on any atom is -0.444 e. The highest BCUT2D eigenvalue weighted by atomic mass is 32.2. The highest BCUT2D eigenvalue weighted by molar-refractivity contribution is 7.85. The van der Waals surface area contributed by atoms with Crippen molar-refractivity contribution in [2.45, 2.75) is 45.0 Å². The van der Waals surface area contributed by atoms with Gasteiger partial charge < -0.3 is 9.64 Å². The van der Waals surface area contributed by atoms with Crippen molar-refractivity contribution in [2.24, 2.45) is 0 Å². The smallest absolute Gasteiger partial charge is 0.410 e. The summed E-state index contributed by atoms with van der Waals surface area (Å²) in [6, 6.07) is 8.90. The molecule has 0 aliphatic carbocycles. The van der Waals surface area contributed by atoms with E-state index in [0.717, 1.165) is 0 Å². The molecular weight excluding hydrogens is 330 g/mol. The Bertz CT molecular complexity index is 608. The lowest BCUT2D eigenvalue weighted by Crippen LogP contribution is -2.34. The number of hydrogen-bond acceptors (Lipinski definition) is 5. The topological polar surface area (TPSA) is 72.9 Å². The third-order valence-electron chi connectivity index (χ3n) is 3.04. The molecule has 6 nitrogen and oxygen atoms in total. The van der Waals surface area contributed by atoms with E-state index in [2.05, 4.69) is 0 Å². The second-order valence-corrected chi connectivity index (χ2v) is 8.26. The van der Waals surface area contributed by atoms with Crippen LogP contribution in [0.2, 0.25) is 0 Å². The summed E-state index contributed by atoms with van der Waals surface area (Å²) in [5.74, 6) is -0.133. The summed E-state index contributed by atoms with van der Waals surface area (Å²) in [7, 11) is -1.93. The molecule has 0 saturated carbocycles. The Morgan fingerprint density at radius 1 is 1.12 bits per heavy atom. The minimum atomic E-state index is -3.58.